The molecule has 4 heteroatoms. The fourth-order valence-corrected chi connectivity index (χ4v) is 2.36. The summed E-state index contributed by atoms with van der Waals surface area (Å²) in [6.07, 6.45) is 8.45. The van der Waals surface area contributed by atoms with Crippen LogP contribution in [0.5, 0.6) is 5.75 Å². The smallest absolute Gasteiger partial charge is 0.126 e. The lowest BCUT2D eigenvalue weighted by atomic mass is 10.1. The van der Waals surface area contributed by atoms with Crippen molar-refractivity contribution in [3.05, 3.63) is 68.5 Å². The molecule has 0 aliphatic carbocycles. The molecule has 0 aromatic heterocycles. The van der Waals surface area contributed by atoms with E-state index in [1.165, 1.54) is 6.08 Å². The molecule has 1 aromatic rings. The number of methoxy groups -OCH3 is 1. The Balaban J connectivity index is 3.15. The summed E-state index contributed by atoms with van der Waals surface area (Å²) in [6.45, 7) is 7.36. The van der Waals surface area contributed by atoms with Crippen LogP contribution >= 0.6 is 23.2 Å². The summed E-state index contributed by atoms with van der Waals surface area (Å²) in [7, 11) is 1.56. The third kappa shape index (κ3) is 5.26. The van der Waals surface area contributed by atoms with E-state index in [-0.39, 0.29) is 5.83 Å². The molecule has 0 atom stereocenters. The summed E-state index contributed by atoms with van der Waals surface area (Å²) in [6, 6.07) is 1.70. The van der Waals surface area contributed by atoms with Crippen LogP contribution in [0.25, 0.3) is 6.08 Å². The number of allylic oxidation sites excluding steroid dienone is 7. The van der Waals surface area contributed by atoms with Gasteiger partial charge in [0.1, 0.15) is 11.6 Å². The lowest BCUT2D eigenvalue weighted by Crippen LogP contribution is -1.91. The molecule has 0 saturated heterocycles. The number of hydrogen-bond acceptors (Lipinski definition) is 1. The Kier molecular flexibility index (Phi) is 7.60. The van der Waals surface area contributed by atoms with Gasteiger partial charge in [0, 0.05) is 11.1 Å². The van der Waals surface area contributed by atoms with E-state index in [0.29, 0.717) is 26.9 Å². The first-order valence-electron chi connectivity index (χ1n) is 7.19. The van der Waals surface area contributed by atoms with Gasteiger partial charge in [0.05, 0.1) is 17.2 Å². The number of ether oxygens (including phenoxy) is 1. The second-order valence-electron chi connectivity index (χ2n) is 5.14. The topological polar surface area (TPSA) is 9.23 Å². The van der Waals surface area contributed by atoms with Crippen molar-refractivity contribution in [3.63, 3.8) is 0 Å². The molecule has 0 unspecified atom stereocenters. The average molecular weight is 355 g/mol. The van der Waals surface area contributed by atoms with Gasteiger partial charge in [-0.2, -0.15) is 0 Å². The first kappa shape index (κ1) is 19.5. The van der Waals surface area contributed by atoms with Crippen molar-refractivity contribution < 1.29 is 9.13 Å². The van der Waals surface area contributed by atoms with E-state index < -0.39 is 0 Å². The normalized spacial score (nSPS) is 13.8. The Labute approximate surface area is 147 Å². The molecule has 0 aliphatic heterocycles. The maximum Gasteiger partial charge on any atom is 0.126 e. The third-order valence-corrected chi connectivity index (χ3v) is 4.29. The molecule has 0 fully saturated rings. The van der Waals surface area contributed by atoms with Crippen molar-refractivity contribution in [2.24, 2.45) is 0 Å². The van der Waals surface area contributed by atoms with Crippen LogP contribution in [0.15, 0.2) is 47.3 Å². The zero-order valence-corrected chi connectivity index (χ0v) is 15.5. The van der Waals surface area contributed by atoms with Crippen LogP contribution < -0.4 is 4.74 Å². The summed E-state index contributed by atoms with van der Waals surface area (Å²) in [4.78, 5) is 0. The van der Waals surface area contributed by atoms with Gasteiger partial charge in [-0.15, -0.1) is 0 Å². The predicted octanol–water partition coefficient (Wildman–Crippen LogP) is 7.09. The van der Waals surface area contributed by atoms with Crippen LogP contribution in [0.1, 0.15) is 31.9 Å². The molecule has 0 spiro atoms. The first-order chi connectivity index (χ1) is 10.8. The second kappa shape index (κ2) is 8.95. The van der Waals surface area contributed by atoms with E-state index >= 15 is 0 Å². The summed E-state index contributed by atoms with van der Waals surface area (Å²) < 4.78 is 19.2. The summed E-state index contributed by atoms with van der Waals surface area (Å²) in [5.41, 5.74) is 2.93. The van der Waals surface area contributed by atoms with Gasteiger partial charge in [-0.3, -0.25) is 0 Å². The third-order valence-electron chi connectivity index (χ3n) is 3.49. The Morgan fingerprint density at radius 3 is 2.39 bits per heavy atom. The Morgan fingerprint density at radius 2 is 1.83 bits per heavy atom. The molecule has 1 nitrogen and oxygen atoms in total. The minimum Gasteiger partial charge on any atom is -0.496 e. The minimum atomic E-state index is -0.306. The quantitative estimate of drug-likeness (QED) is 0.512. The molecule has 1 rings (SSSR count). The lowest BCUT2D eigenvalue weighted by Gasteiger charge is -2.10. The maximum atomic E-state index is 14.0. The van der Waals surface area contributed by atoms with Gasteiger partial charge in [-0.05, 0) is 45.4 Å². The van der Waals surface area contributed by atoms with E-state index in [4.69, 9.17) is 27.9 Å². The van der Waals surface area contributed by atoms with Crippen molar-refractivity contribution in [2.75, 3.05) is 7.11 Å². The summed E-state index contributed by atoms with van der Waals surface area (Å²) in [5.74, 6) is 0.320. The predicted molar refractivity (Wildman–Crippen MR) is 99.2 cm³/mol. The largest absolute Gasteiger partial charge is 0.496 e. The number of rotatable bonds is 5. The maximum absolute atomic E-state index is 14.0. The lowest BCUT2D eigenvalue weighted by molar-refractivity contribution is 0.412. The van der Waals surface area contributed by atoms with Crippen LogP contribution in [0.4, 0.5) is 4.39 Å². The van der Waals surface area contributed by atoms with Gasteiger partial charge < -0.3 is 4.74 Å². The SMILES string of the molecule is C/C=C(C)/C=C/C(F)=C(C)/C=C/c1c(Cl)cc(OC)c(C)c1Cl. The molecule has 0 saturated carbocycles. The first-order valence-corrected chi connectivity index (χ1v) is 7.95. The Hall–Kier alpha value is -1.51. The van der Waals surface area contributed by atoms with Gasteiger partial charge in [0.15, 0.2) is 0 Å². The molecule has 0 radical (unpaired) electrons. The molecule has 0 bridgehead atoms. The van der Waals surface area contributed by atoms with Crippen LogP contribution in [0.2, 0.25) is 10.0 Å². The van der Waals surface area contributed by atoms with Gasteiger partial charge in [0.25, 0.3) is 0 Å². The van der Waals surface area contributed by atoms with Crippen molar-refractivity contribution in [1.29, 1.82) is 0 Å². The van der Waals surface area contributed by atoms with Crippen molar-refractivity contribution in [1.82, 2.24) is 0 Å². The highest BCUT2D eigenvalue weighted by atomic mass is 35.5. The molecule has 0 heterocycles. The van der Waals surface area contributed by atoms with Crippen LogP contribution in [-0.2, 0) is 0 Å². The van der Waals surface area contributed by atoms with Crippen molar-refractivity contribution in [2.45, 2.75) is 27.7 Å². The molecule has 1 aromatic carbocycles. The van der Waals surface area contributed by atoms with Crippen molar-refractivity contribution >= 4 is 29.3 Å². The second-order valence-corrected chi connectivity index (χ2v) is 5.93. The van der Waals surface area contributed by atoms with Gasteiger partial charge in [0.2, 0.25) is 0 Å². The highest BCUT2D eigenvalue weighted by Crippen LogP contribution is 2.35. The monoisotopic (exact) mass is 354 g/mol. The van der Waals surface area contributed by atoms with Gasteiger partial charge in [-0.25, -0.2) is 4.39 Å². The molecule has 0 aliphatic rings. The zero-order chi connectivity index (χ0) is 17.6. The molecule has 0 amide bonds. The molecule has 0 N–H and O–H groups in total. The number of halogens is 3. The highest BCUT2D eigenvalue weighted by Gasteiger charge is 2.11. The van der Waals surface area contributed by atoms with Crippen LogP contribution in [-0.4, -0.2) is 7.11 Å². The summed E-state index contributed by atoms with van der Waals surface area (Å²) in [5, 5.41) is 0.960. The Bertz CT molecular complexity index is 698. The van der Waals surface area contributed by atoms with E-state index in [1.807, 2.05) is 26.8 Å². The van der Waals surface area contributed by atoms with Crippen LogP contribution in [0, 0.1) is 6.92 Å². The number of benzene rings is 1. The van der Waals surface area contributed by atoms with E-state index in [1.54, 1.807) is 38.3 Å². The van der Waals surface area contributed by atoms with E-state index in [2.05, 4.69) is 0 Å². The highest BCUT2D eigenvalue weighted by molar-refractivity contribution is 6.37. The van der Waals surface area contributed by atoms with Gasteiger partial charge in [-0.1, -0.05) is 53.1 Å². The molecular weight excluding hydrogens is 334 g/mol. The van der Waals surface area contributed by atoms with Crippen LogP contribution in [0.3, 0.4) is 0 Å². The number of hydrogen-bond donors (Lipinski definition) is 0. The molecular formula is C19H21Cl2FO. The standard InChI is InChI=1S/C19H21Cl2FO/c1-6-12(2)7-10-17(22)13(3)8-9-15-16(20)11-18(23-5)14(4)19(15)21/h6-11H,1-5H3/b9-8+,10-7+,12-6+,17-13-. The average Bonchev–Trinajstić information content (AvgIpc) is 2.54. The van der Waals surface area contributed by atoms with E-state index in [9.17, 15) is 4.39 Å². The van der Waals surface area contributed by atoms with Gasteiger partial charge >= 0.3 is 0 Å². The zero-order valence-electron chi connectivity index (χ0n) is 14.0. The summed E-state index contributed by atoms with van der Waals surface area (Å²) >= 11 is 12.5. The molecule has 23 heavy (non-hydrogen) atoms. The fraction of sp³-hybridized carbons (Fsp3) is 0.263. The van der Waals surface area contributed by atoms with Crippen molar-refractivity contribution in [3.8, 4) is 5.75 Å². The Morgan fingerprint density at radius 1 is 1.17 bits per heavy atom. The molecule has 124 valence electrons. The van der Waals surface area contributed by atoms with E-state index in [0.717, 1.165) is 11.1 Å². The minimum absolute atomic E-state index is 0.306. The fourth-order valence-electron chi connectivity index (χ4n) is 1.80.